The van der Waals surface area contributed by atoms with E-state index in [0.29, 0.717) is 11.6 Å². The smallest absolute Gasteiger partial charge is 0.235 e. The van der Waals surface area contributed by atoms with E-state index in [1.807, 2.05) is 13.0 Å². The van der Waals surface area contributed by atoms with Crippen LogP contribution in [0.1, 0.15) is 51.1 Å². The molecule has 0 aliphatic heterocycles. The number of rotatable bonds is 7. The van der Waals surface area contributed by atoms with Crippen molar-refractivity contribution in [2.75, 3.05) is 6.54 Å². The highest BCUT2D eigenvalue weighted by Gasteiger charge is 2.44. The van der Waals surface area contributed by atoms with Gasteiger partial charge in [-0.1, -0.05) is 18.2 Å². The van der Waals surface area contributed by atoms with Gasteiger partial charge in [0.05, 0.1) is 12.6 Å². The maximum atomic E-state index is 14.1. The van der Waals surface area contributed by atoms with Gasteiger partial charge >= 0.3 is 0 Å². The van der Waals surface area contributed by atoms with Gasteiger partial charge in [0, 0.05) is 17.6 Å². The van der Waals surface area contributed by atoms with Gasteiger partial charge in [-0.15, -0.1) is 0 Å². The topological polar surface area (TPSA) is 56.1 Å². The third-order valence-electron chi connectivity index (χ3n) is 5.22. The van der Waals surface area contributed by atoms with Crippen molar-refractivity contribution >= 4 is 5.91 Å². The molecule has 2 fully saturated rings. The quantitative estimate of drug-likeness (QED) is 0.836. The van der Waals surface area contributed by atoms with Crippen molar-refractivity contribution < 1.29 is 9.18 Å². The highest BCUT2D eigenvalue weighted by Crippen LogP contribution is 2.39. The molecule has 0 aromatic heterocycles. The largest absolute Gasteiger partial charge is 0.337 e. The Morgan fingerprint density at radius 3 is 2.62 bits per heavy atom. The Morgan fingerprint density at radius 2 is 2.08 bits per heavy atom. The van der Waals surface area contributed by atoms with Crippen molar-refractivity contribution in [3.8, 4) is 6.07 Å². The van der Waals surface area contributed by atoms with Crippen molar-refractivity contribution in [2.24, 2.45) is 5.92 Å². The van der Waals surface area contributed by atoms with E-state index >= 15 is 0 Å². The number of carbonyl (C=O) groups excluding carboxylic acids is 1. The molecular weight excluding hydrogens is 305 g/mol. The fourth-order valence-corrected chi connectivity index (χ4v) is 3.36. The molecule has 0 unspecified atom stereocenters. The van der Waals surface area contributed by atoms with Gasteiger partial charge in [-0.25, -0.2) is 4.39 Å². The second-order valence-corrected chi connectivity index (χ2v) is 7.24. The molecule has 1 N–H and O–H groups in total. The van der Waals surface area contributed by atoms with Gasteiger partial charge in [0.25, 0.3) is 0 Å². The average Bonchev–Trinajstić information content (AvgIpc) is 3.44. The van der Waals surface area contributed by atoms with Crippen LogP contribution in [0.15, 0.2) is 24.3 Å². The molecular formula is C19H24FN3O. The number of carbonyl (C=O) groups is 1. The Morgan fingerprint density at radius 1 is 1.42 bits per heavy atom. The van der Waals surface area contributed by atoms with Gasteiger partial charge < -0.3 is 5.32 Å². The van der Waals surface area contributed by atoms with E-state index in [2.05, 4.69) is 16.3 Å². The van der Waals surface area contributed by atoms with Crippen LogP contribution in [0.3, 0.4) is 0 Å². The summed E-state index contributed by atoms with van der Waals surface area (Å²) in [5.41, 5.74) is -0.171. The Balaban J connectivity index is 1.69. The molecule has 1 aromatic carbocycles. The predicted octanol–water partition coefficient (Wildman–Crippen LogP) is 3.16. The van der Waals surface area contributed by atoms with E-state index < -0.39 is 5.54 Å². The highest BCUT2D eigenvalue weighted by molar-refractivity contribution is 5.79. The molecule has 3 rings (SSSR count). The van der Waals surface area contributed by atoms with Crippen molar-refractivity contribution in [3.63, 3.8) is 0 Å². The molecule has 2 atom stereocenters. The Hall–Kier alpha value is -1.93. The Labute approximate surface area is 142 Å². The van der Waals surface area contributed by atoms with Crippen LogP contribution in [0.25, 0.3) is 0 Å². The van der Waals surface area contributed by atoms with Gasteiger partial charge in [-0.3, -0.25) is 9.69 Å². The number of halogens is 1. The van der Waals surface area contributed by atoms with E-state index in [1.54, 1.807) is 19.1 Å². The monoisotopic (exact) mass is 329 g/mol. The standard InChI is InChI=1S/C19H24FN3O/c1-13(16-5-3-4-6-17(16)20)23(15-9-10-15)11-18(24)22-19(2,12-21)14-7-8-14/h3-6,13-15H,7-11H2,1-2H3,(H,22,24)/t13-,19+/m0/s1. The summed E-state index contributed by atoms with van der Waals surface area (Å²) in [7, 11) is 0. The van der Waals surface area contributed by atoms with Crippen LogP contribution in [0, 0.1) is 23.1 Å². The number of amides is 1. The molecule has 2 aliphatic carbocycles. The molecule has 0 spiro atoms. The predicted molar refractivity (Wildman–Crippen MR) is 89.4 cm³/mol. The van der Waals surface area contributed by atoms with Gasteiger partial charge in [-0.2, -0.15) is 5.26 Å². The third kappa shape index (κ3) is 3.59. The summed E-state index contributed by atoms with van der Waals surface area (Å²) in [6, 6.07) is 9.12. The molecule has 4 nitrogen and oxygen atoms in total. The number of benzene rings is 1. The summed E-state index contributed by atoms with van der Waals surface area (Å²) in [4.78, 5) is 14.6. The lowest BCUT2D eigenvalue weighted by atomic mass is 9.98. The second-order valence-electron chi connectivity index (χ2n) is 7.24. The minimum Gasteiger partial charge on any atom is -0.337 e. The van der Waals surface area contributed by atoms with Gasteiger partial charge in [0.15, 0.2) is 0 Å². The fourth-order valence-electron chi connectivity index (χ4n) is 3.36. The SMILES string of the molecule is C[C@@H](c1ccccc1F)N(CC(=O)N[C@](C)(C#N)C1CC1)C1CC1. The van der Waals surface area contributed by atoms with Crippen molar-refractivity contribution in [2.45, 2.75) is 57.2 Å². The molecule has 1 amide bonds. The van der Waals surface area contributed by atoms with Crippen LogP contribution in [-0.4, -0.2) is 28.9 Å². The zero-order valence-corrected chi connectivity index (χ0v) is 14.3. The number of nitrogens with zero attached hydrogens (tertiary/aromatic N) is 2. The summed E-state index contributed by atoms with van der Waals surface area (Å²) in [6.07, 6.45) is 4.04. The zero-order chi connectivity index (χ0) is 17.3. The Kier molecular flexibility index (Phi) is 4.60. The molecule has 128 valence electrons. The maximum Gasteiger partial charge on any atom is 0.235 e. The molecule has 0 heterocycles. The minimum absolute atomic E-state index is 0.152. The first-order valence-electron chi connectivity index (χ1n) is 8.67. The summed E-state index contributed by atoms with van der Waals surface area (Å²) in [5.74, 6) is -0.137. The van der Waals surface area contributed by atoms with Crippen LogP contribution in [0.2, 0.25) is 0 Å². The minimum atomic E-state index is -0.784. The first kappa shape index (κ1) is 16.9. The number of nitrogens with one attached hydrogen (secondary N) is 1. The normalized spacial score (nSPS) is 21.0. The zero-order valence-electron chi connectivity index (χ0n) is 14.3. The van der Waals surface area contributed by atoms with Crippen LogP contribution >= 0.6 is 0 Å². The van der Waals surface area contributed by atoms with Crippen LogP contribution < -0.4 is 5.32 Å². The lowest BCUT2D eigenvalue weighted by Gasteiger charge is -2.31. The van der Waals surface area contributed by atoms with Crippen LogP contribution in [0.4, 0.5) is 4.39 Å². The number of hydrogen-bond acceptors (Lipinski definition) is 3. The first-order chi connectivity index (χ1) is 11.4. The lowest BCUT2D eigenvalue weighted by molar-refractivity contribution is -0.124. The van der Waals surface area contributed by atoms with Crippen LogP contribution in [0.5, 0.6) is 0 Å². The molecule has 24 heavy (non-hydrogen) atoms. The number of nitriles is 1. The molecule has 0 bridgehead atoms. The first-order valence-corrected chi connectivity index (χ1v) is 8.67. The van der Waals surface area contributed by atoms with Gasteiger partial charge in [0.2, 0.25) is 5.91 Å². The van der Waals surface area contributed by atoms with E-state index in [9.17, 15) is 14.4 Å². The van der Waals surface area contributed by atoms with Crippen molar-refractivity contribution in [1.29, 1.82) is 5.26 Å². The maximum absolute atomic E-state index is 14.1. The van der Waals surface area contributed by atoms with Gasteiger partial charge in [-0.05, 0) is 51.5 Å². The summed E-state index contributed by atoms with van der Waals surface area (Å²) in [5, 5.41) is 12.3. The van der Waals surface area contributed by atoms with Crippen LogP contribution in [-0.2, 0) is 4.79 Å². The molecule has 0 saturated heterocycles. The molecule has 0 radical (unpaired) electrons. The van der Waals surface area contributed by atoms with Gasteiger partial charge in [0.1, 0.15) is 11.4 Å². The number of hydrogen-bond donors (Lipinski definition) is 1. The lowest BCUT2D eigenvalue weighted by Crippen LogP contribution is -2.50. The van der Waals surface area contributed by atoms with Crippen molar-refractivity contribution in [3.05, 3.63) is 35.6 Å². The third-order valence-corrected chi connectivity index (χ3v) is 5.22. The van der Waals surface area contributed by atoms with Crippen molar-refractivity contribution in [1.82, 2.24) is 10.2 Å². The molecule has 5 heteroatoms. The summed E-state index contributed by atoms with van der Waals surface area (Å²) >= 11 is 0. The summed E-state index contributed by atoms with van der Waals surface area (Å²) < 4.78 is 14.1. The molecule has 2 aliphatic rings. The summed E-state index contributed by atoms with van der Waals surface area (Å²) in [6.45, 7) is 3.93. The average molecular weight is 329 g/mol. The highest BCUT2D eigenvalue weighted by atomic mass is 19.1. The Bertz CT molecular complexity index is 663. The molecule has 2 saturated carbocycles. The fraction of sp³-hybridized carbons (Fsp3) is 0.579. The second kappa shape index (κ2) is 6.52. The van der Waals surface area contributed by atoms with E-state index in [4.69, 9.17) is 0 Å². The van der Waals surface area contributed by atoms with E-state index in [-0.39, 0.29) is 30.2 Å². The van der Waals surface area contributed by atoms with E-state index in [1.165, 1.54) is 6.07 Å². The van der Waals surface area contributed by atoms with E-state index in [0.717, 1.165) is 25.7 Å². The molecule has 1 aromatic rings.